The summed E-state index contributed by atoms with van der Waals surface area (Å²) in [5.74, 6) is -0.0378. The fraction of sp³-hybridized carbons (Fsp3) is 0.333. The van der Waals surface area contributed by atoms with Gasteiger partial charge in [-0.1, -0.05) is 41.9 Å². The van der Waals surface area contributed by atoms with Gasteiger partial charge in [-0.15, -0.1) is 15.0 Å². The molecule has 0 aliphatic rings. The Morgan fingerprint density at radius 1 is 1.22 bits per heavy atom. The molecule has 0 saturated carbocycles. The first-order chi connectivity index (χ1) is 12.9. The number of nitrogens with zero attached hydrogens (tertiary/aromatic N) is 3. The van der Waals surface area contributed by atoms with Crippen LogP contribution in [0, 0.1) is 0 Å². The number of nitrogens with one attached hydrogen (secondary N) is 1. The van der Waals surface area contributed by atoms with Gasteiger partial charge in [0.1, 0.15) is 22.5 Å². The van der Waals surface area contributed by atoms with Crippen molar-refractivity contribution in [3.63, 3.8) is 0 Å². The Morgan fingerprint density at radius 2 is 1.85 bits per heavy atom. The van der Waals surface area contributed by atoms with Crippen molar-refractivity contribution in [1.29, 1.82) is 0 Å². The maximum absolute atomic E-state index is 12.7. The van der Waals surface area contributed by atoms with Crippen LogP contribution in [0.4, 0.5) is 0 Å². The third kappa shape index (κ3) is 3.99. The summed E-state index contributed by atoms with van der Waals surface area (Å²) in [5, 5.41) is 20.1. The van der Waals surface area contributed by atoms with Crippen LogP contribution in [0.15, 0.2) is 41.3 Å². The first kappa shape index (κ1) is 19.8. The highest BCUT2D eigenvalue weighted by molar-refractivity contribution is 9.09. The molecule has 0 aliphatic carbocycles. The van der Waals surface area contributed by atoms with Gasteiger partial charge in [0.2, 0.25) is 10.0 Å². The maximum atomic E-state index is 12.7. The van der Waals surface area contributed by atoms with Gasteiger partial charge < -0.3 is 5.11 Å². The molecule has 0 aliphatic heterocycles. The number of sulfonamides is 1. The van der Waals surface area contributed by atoms with Crippen LogP contribution in [0.1, 0.15) is 31.7 Å². The third-order valence-corrected chi connectivity index (χ3v) is 6.27. The van der Waals surface area contributed by atoms with E-state index in [1.165, 1.54) is 16.9 Å². The molecule has 3 rings (SSSR count). The lowest BCUT2D eigenvalue weighted by Crippen LogP contribution is -2.26. The zero-order valence-electron chi connectivity index (χ0n) is 15.1. The quantitative estimate of drug-likeness (QED) is 0.535. The zero-order valence-corrected chi connectivity index (χ0v) is 17.5. The van der Waals surface area contributed by atoms with E-state index < -0.39 is 10.0 Å². The van der Waals surface area contributed by atoms with Crippen LogP contribution in [0.3, 0.4) is 0 Å². The van der Waals surface area contributed by atoms with E-state index in [2.05, 4.69) is 30.8 Å². The Labute approximate surface area is 166 Å². The molecule has 0 fully saturated rings. The van der Waals surface area contributed by atoms with E-state index in [-0.39, 0.29) is 28.8 Å². The molecule has 9 heteroatoms. The summed E-state index contributed by atoms with van der Waals surface area (Å²) in [6, 6.07) is 10.2. The number of phenols is 1. The molecule has 1 heterocycles. The lowest BCUT2D eigenvalue weighted by Gasteiger charge is -2.16. The molecule has 2 N–H and O–H groups in total. The molecular weight excluding hydrogens is 432 g/mol. The normalized spacial score (nSPS) is 13.1. The highest BCUT2D eigenvalue weighted by atomic mass is 79.9. The van der Waals surface area contributed by atoms with Gasteiger partial charge in [0, 0.05) is 17.4 Å². The SMILES string of the molecule is CCC(C)c1cc(S(=O)(=O)NCCBr)cc(-n2nc3ccccc3n2)c1O. The number of hydrogen-bond donors (Lipinski definition) is 2. The summed E-state index contributed by atoms with van der Waals surface area (Å²) in [5.41, 5.74) is 2.11. The van der Waals surface area contributed by atoms with Crippen LogP contribution in [-0.2, 0) is 10.0 Å². The molecule has 0 bridgehead atoms. The average molecular weight is 453 g/mol. The molecule has 1 atom stereocenters. The molecule has 0 amide bonds. The largest absolute Gasteiger partial charge is 0.505 e. The minimum atomic E-state index is -3.72. The number of benzene rings is 2. The monoisotopic (exact) mass is 452 g/mol. The Balaban J connectivity index is 2.21. The average Bonchev–Trinajstić information content (AvgIpc) is 3.09. The van der Waals surface area contributed by atoms with E-state index in [1.807, 2.05) is 38.1 Å². The topological polar surface area (TPSA) is 97.1 Å². The first-order valence-electron chi connectivity index (χ1n) is 8.62. The number of fused-ring (bicyclic) bond motifs is 1. The predicted molar refractivity (Wildman–Crippen MR) is 108 cm³/mol. The van der Waals surface area contributed by atoms with E-state index in [0.29, 0.717) is 21.9 Å². The van der Waals surface area contributed by atoms with E-state index in [1.54, 1.807) is 0 Å². The number of rotatable bonds is 7. The van der Waals surface area contributed by atoms with Crippen LogP contribution in [0.25, 0.3) is 16.7 Å². The van der Waals surface area contributed by atoms with Crippen molar-refractivity contribution in [3.05, 3.63) is 42.0 Å². The molecule has 144 valence electrons. The van der Waals surface area contributed by atoms with Gasteiger partial charge >= 0.3 is 0 Å². The van der Waals surface area contributed by atoms with Crippen LogP contribution in [0.5, 0.6) is 5.75 Å². The highest BCUT2D eigenvalue weighted by Gasteiger charge is 2.23. The van der Waals surface area contributed by atoms with Crippen molar-refractivity contribution in [2.45, 2.75) is 31.1 Å². The van der Waals surface area contributed by atoms with E-state index >= 15 is 0 Å². The van der Waals surface area contributed by atoms with Crippen LogP contribution in [0.2, 0.25) is 0 Å². The minimum Gasteiger partial charge on any atom is -0.505 e. The number of hydrogen-bond acceptors (Lipinski definition) is 5. The number of aromatic hydroxyl groups is 1. The second-order valence-electron chi connectivity index (χ2n) is 6.25. The molecule has 27 heavy (non-hydrogen) atoms. The molecule has 3 aromatic rings. The molecule has 1 unspecified atom stereocenters. The van der Waals surface area contributed by atoms with Gasteiger partial charge in [0.05, 0.1) is 4.90 Å². The molecule has 0 saturated heterocycles. The fourth-order valence-electron chi connectivity index (χ4n) is 2.74. The van der Waals surface area contributed by atoms with Crippen LogP contribution < -0.4 is 4.72 Å². The molecule has 0 spiro atoms. The van der Waals surface area contributed by atoms with E-state index in [0.717, 1.165) is 6.42 Å². The van der Waals surface area contributed by atoms with Crippen molar-refractivity contribution < 1.29 is 13.5 Å². The van der Waals surface area contributed by atoms with Crippen LogP contribution >= 0.6 is 15.9 Å². The first-order valence-corrected chi connectivity index (χ1v) is 11.2. The van der Waals surface area contributed by atoms with Crippen molar-refractivity contribution in [1.82, 2.24) is 19.7 Å². The highest BCUT2D eigenvalue weighted by Crippen LogP contribution is 2.35. The molecule has 1 aromatic heterocycles. The Bertz CT molecular complexity index is 1030. The number of aromatic nitrogens is 3. The van der Waals surface area contributed by atoms with Crippen molar-refractivity contribution in [2.24, 2.45) is 0 Å². The smallest absolute Gasteiger partial charge is 0.240 e. The lowest BCUT2D eigenvalue weighted by atomic mass is 9.97. The van der Waals surface area contributed by atoms with Gasteiger partial charge in [-0.2, -0.15) is 0 Å². The second-order valence-corrected chi connectivity index (χ2v) is 8.81. The number of alkyl halides is 1. The van der Waals surface area contributed by atoms with Crippen molar-refractivity contribution in [3.8, 4) is 11.4 Å². The maximum Gasteiger partial charge on any atom is 0.240 e. The number of phenolic OH excluding ortho intramolecular Hbond substituents is 1. The molecular formula is C18H21BrN4O3S. The van der Waals surface area contributed by atoms with Gasteiger partial charge in [0.15, 0.2) is 0 Å². The summed E-state index contributed by atoms with van der Waals surface area (Å²) in [4.78, 5) is 1.36. The minimum absolute atomic E-state index is 0.0101. The third-order valence-electron chi connectivity index (χ3n) is 4.44. The standard InChI is InChI=1S/C18H21BrN4O3S/c1-3-12(2)14-10-13(27(25,26)20-9-8-19)11-17(18(14)24)23-21-15-6-4-5-7-16(15)22-23/h4-7,10-12,20,24H,3,8-9H2,1-2H3. The predicted octanol–water partition coefficient (Wildman–Crippen LogP) is 3.31. The molecule has 7 nitrogen and oxygen atoms in total. The summed E-state index contributed by atoms with van der Waals surface area (Å²) < 4.78 is 27.8. The second kappa shape index (κ2) is 7.95. The number of halogens is 1. The Morgan fingerprint density at radius 3 is 2.41 bits per heavy atom. The summed E-state index contributed by atoms with van der Waals surface area (Å²) >= 11 is 3.21. The molecule has 0 radical (unpaired) electrons. The van der Waals surface area contributed by atoms with Crippen LogP contribution in [-0.4, -0.2) is 40.4 Å². The zero-order chi connectivity index (χ0) is 19.6. The Kier molecular flexibility index (Phi) is 5.83. The van der Waals surface area contributed by atoms with Gasteiger partial charge in [-0.3, -0.25) is 0 Å². The fourth-order valence-corrected chi connectivity index (χ4v) is 4.29. The van der Waals surface area contributed by atoms with Gasteiger partial charge in [-0.25, -0.2) is 13.1 Å². The van der Waals surface area contributed by atoms with Crippen molar-refractivity contribution in [2.75, 3.05) is 11.9 Å². The Hall–Kier alpha value is -1.97. The summed E-state index contributed by atoms with van der Waals surface area (Å²) in [6.07, 6.45) is 0.750. The van der Waals surface area contributed by atoms with Gasteiger partial charge in [0.25, 0.3) is 0 Å². The van der Waals surface area contributed by atoms with E-state index in [9.17, 15) is 13.5 Å². The van der Waals surface area contributed by atoms with E-state index in [4.69, 9.17) is 0 Å². The lowest BCUT2D eigenvalue weighted by molar-refractivity contribution is 0.453. The summed E-state index contributed by atoms with van der Waals surface area (Å²) in [6.45, 7) is 4.18. The van der Waals surface area contributed by atoms with Gasteiger partial charge in [-0.05, 0) is 36.6 Å². The van der Waals surface area contributed by atoms with Crippen molar-refractivity contribution >= 4 is 37.0 Å². The molecule has 2 aromatic carbocycles. The summed E-state index contributed by atoms with van der Waals surface area (Å²) in [7, 11) is -3.72.